The number of allylic oxidation sites excluding steroid dienone is 1. The van der Waals surface area contributed by atoms with E-state index < -0.39 is 23.2 Å². The van der Waals surface area contributed by atoms with Gasteiger partial charge >= 0.3 is 5.97 Å². The van der Waals surface area contributed by atoms with Gasteiger partial charge in [-0.15, -0.1) is 0 Å². The highest BCUT2D eigenvalue weighted by Crippen LogP contribution is 2.42. The highest BCUT2D eigenvalue weighted by molar-refractivity contribution is 8.18. The van der Waals surface area contributed by atoms with E-state index >= 15 is 0 Å². The topological polar surface area (TPSA) is 66.9 Å². The molecule has 31 heavy (non-hydrogen) atoms. The monoisotopic (exact) mass is 442 g/mol. The Balaban J connectivity index is 2.04. The minimum Gasteiger partial charge on any atom is -0.467 e. The van der Waals surface area contributed by atoms with Crippen LogP contribution in [0.5, 0.6) is 0 Å². The van der Waals surface area contributed by atoms with Crippen molar-refractivity contribution in [1.82, 2.24) is 4.90 Å². The minimum atomic E-state index is -0.958. The molecule has 0 saturated carbocycles. The summed E-state index contributed by atoms with van der Waals surface area (Å²) < 4.78 is 4.69. The predicted octanol–water partition coefficient (Wildman–Crippen LogP) is 5.00. The standard InChI is InChI=1S/C24H30N2O4S/c1-13(2)26-19-9-14(3)17(10-18(19)15(4)12-24(26,6)7)11-20-21(27)25(23(29)31-20)16(5)22(28)30-8/h9-13,16H,1-8H3/b20-11+/t16-/m1/s1. The van der Waals surface area contributed by atoms with E-state index in [0.717, 1.165) is 33.4 Å². The highest BCUT2D eigenvalue weighted by atomic mass is 32.2. The number of amides is 2. The summed E-state index contributed by atoms with van der Waals surface area (Å²) in [4.78, 5) is 40.8. The van der Waals surface area contributed by atoms with Crippen molar-refractivity contribution in [3.63, 3.8) is 0 Å². The molecule has 0 unspecified atom stereocenters. The molecule has 1 atom stereocenters. The molecule has 7 heteroatoms. The number of ether oxygens (including phenoxy) is 1. The van der Waals surface area contributed by atoms with Crippen molar-refractivity contribution >= 4 is 46.2 Å². The molecular weight excluding hydrogens is 412 g/mol. The van der Waals surface area contributed by atoms with E-state index in [9.17, 15) is 14.4 Å². The zero-order valence-corrected chi connectivity index (χ0v) is 20.2. The molecule has 1 saturated heterocycles. The first kappa shape index (κ1) is 23.1. The molecule has 1 aromatic rings. The number of thioether (sulfide) groups is 1. The molecular formula is C24H30N2O4S. The summed E-state index contributed by atoms with van der Waals surface area (Å²) in [5.74, 6) is -1.09. The van der Waals surface area contributed by atoms with Crippen molar-refractivity contribution in [2.45, 2.75) is 66.1 Å². The molecule has 2 amide bonds. The summed E-state index contributed by atoms with van der Waals surface area (Å²) in [5, 5.41) is -0.464. The Bertz CT molecular complexity index is 1020. The van der Waals surface area contributed by atoms with Crippen molar-refractivity contribution < 1.29 is 19.1 Å². The second-order valence-corrected chi connectivity index (χ2v) is 9.91. The van der Waals surface area contributed by atoms with Gasteiger partial charge in [-0.05, 0) is 95.1 Å². The number of hydrogen-bond acceptors (Lipinski definition) is 6. The first-order chi connectivity index (χ1) is 14.4. The van der Waals surface area contributed by atoms with Crippen molar-refractivity contribution in [3.05, 3.63) is 39.8 Å². The summed E-state index contributed by atoms with van der Waals surface area (Å²) in [6, 6.07) is 3.60. The Morgan fingerprint density at radius 2 is 1.81 bits per heavy atom. The third kappa shape index (κ3) is 4.03. The predicted molar refractivity (Wildman–Crippen MR) is 126 cm³/mol. The van der Waals surface area contributed by atoms with Gasteiger partial charge in [-0.2, -0.15) is 0 Å². The number of benzene rings is 1. The van der Waals surface area contributed by atoms with Gasteiger partial charge in [0.15, 0.2) is 0 Å². The number of imide groups is 1. The lowest BCUT2D eigenvalue weighted by molar-refractivity contribution is -0.148. The first-order valence-corrected chi connectivity index (χ1v) is 11.2. The van der Waals surface area contributed by atoms with Crippen LogP contribution in [0.4, 0.5) is 10.5 Å². The van der Waals surface area contributed by atoms with Crippen LogP contribution in [0.2, 0.25) is 0 Å². The maximum Gasteiger partial charge on any atom is 0.328 e. The molecule has 2 heterocycles. The lowest BCUT2D eigenvalue weighted by Crippen LogP contribution is -2.49. The summed E-state index contributed by atoms with van der Waals surface area (Å²) in [6.07, 6.45) is 4.01. The molecule has 0 aromatic heterocycles. The minimum absolute atomic E-state index is 0.105. The zero-order valence-electron chi connectivity index (χ0n) is 19.4. The molecule has 2 aliphatic rings. The van der Waals surface area contributed by atoms with Gasteiger partial charge in [-0.1, -0.05) is 6.08 Å². The Hall–Kier alpha value is -2.54. The second kappa shape index (κ2) is 8.19. The van der Waals surface area contributed by atoms with E-state index in [0.29, 0.717) is 10.9 Å². The van der Waals surface area contributed by atoms with Crippen LogP contribution in [0.3, 0.4) is 0 Å². The number of methoxy groups -OCH3 is 1. The molecule has 0 bridgehead atoms. The maximum atomic E-state index is 12.9. The number of anilines is 1. The molecule has 6 nitrogen and oxygen atoms in total. The summed E-state index contributed by atoms with van der Waals surface area (Å²) in [7, 11) is 1.24. The lowest BCUT2D eigenvalue weighted by Gasteiger charge is -2.46. The van der Waals surface area contributed by atoms with Gasteiger partial charge in [0.05, 0.1) is 17.6 Å². The van der Waals surface area contributed by atoms with Crippen LogP contribution in [-0.2, 0) is 14.3 Å². The fourth-order valence-corrected chi connectivity index (χ4v) is 5.44. The van der Waals surface area contributed by atoms with Gasteiger partial charge in [0, 0.05) is 17.3 Å². The molecule has 1 fully saturated rings. The number of carbonyl (C=O) groups excluding carboxylic acids is 3. The molecule has 0 spiro atoms. The molecule has 2 aliphatic heterocycles. The van der Waals surface area contributed by atoms with E-state index in [4.69, 9.17) is 0 Å². The number of rotatable bonds is 4. The molecule has 3 rings (SSSR count). The van der Waals surface area contributed by atoms with E-state index in [1.165, 1.54) is 25.3 Å². The van der Waals surface area contributed by atoms with Gasteiger partial charge in [0.2, 0.25) is 0 Å². The summed E-state index contributed by atoms with van der Waals surface area (Å²) in [6.45, 7) is 14.4. The Labute approximate surface area is 188 Å². The normalized spacial score (nSPS) is 20.3. The van der Waals surface area contributed by atoms with E-state index in [1.54, 1.807) is 6.08 Å². The van der Waals surface area contributed by atoms with E-state index in [-0.39, 0.29) is 5.54 Å². The Morgan fingerprint density at radius 3 is 2.39 bits per heavy atom. The van der Waals surface area contributed by atoms with Crippen LogP contribution in [-0.4, -0.2) is 46.7 Å². The largest absolute Gasteiger partial charge is 0.467 e. The summed E-state index contributed by atoms with van der Waals surface area (Å²) >= 11 is 0.851. The zero-order chi connectivity index (χ0) is 23.2. The molecule has 0 radical (unpaired) electrons. The van der Waals surface area contributed by atoms with Crippen LogP contribution in [0, 0.1) is 6.92 Å². The van der Waals surface area contributed by atoms with Crippen LogP contribution in [0.25, 0.3) is 11.6 Å². The third-order valence-corrected chi connectivity index (χ3v) is 6.70. The number of esters is 1. The summed E-state index contributed by atoms with van der Waals surface area (Å²) in [5.41, 5.74) is 5.26. The highest BCUT2D eigenvalue weighted by Gasteiger charge is 2.41. The lowest BCUT2D eigenvalue weighted by atomic mass is 9.86. The van der Waals surface area contributed by atoms with Crippen LogP contribution < -0.4 is 4.90 Å². The van der Waals surface area contributed by atoms with Crippen molar-refractivity contribution in [2.75, 3.05) is 12.0 Å². The number of carbonyl (C=O) groups is 3. The Kier molecular flexibility index (Phi) is 6.11. The SMILES string of the molecule is COC(=O)[C@@H](C)N1C(=O)S/C(=C/c2cc3c(cc2C)N(C(C)C)C(C)(C)C=C3C)C1=O. The van der Waals surface area contributed by atoms with Crippen molar-refractivity contribution in [3.8, 4) is 0 Å². The van der Waals surface area contributed by atoms with Crippen LogP contribution >= 0.6 is 11.8 Å². The molecule has 1 aromatic carbocycles. The number of hydrogen-bond donors (Lipinski definition) is 0. The average molecular weight is 443 g/mol. The quantitative estimate of drug-likeness (QED) is 0.483. The smallest absolute Gasteiger partial charge is 0.328 e. The van der Waals surface area contributed by atoms with Gasteiger partial charge in [-0.25, -0.2) is 4.79 Å². The van der Waals surface area contributed by atoms with Crippen molar-refractivity contribution in [1.29, 1.82) is 0 Å². The Morgan fingerprint density at radius 1 is 1.16 bits per heavy atom. The first-order valence-electron chi connectivity index (χ1n) is 10.4. The van der Waals surface area contributed by atoms with Gasteiger partial charge in [-0.3, -0.25) is 14.5 Å². The molecule has 0 N–H and O–H groups in total. The third-order valence-electron chi connectivity index (χ3n) is 5.82. The number of nitrogens with zero attached hydrogens (tertiary/aromatic N) is 2. The van der Waals surface area contributed by atoms with Crippen LogP contribution in [0.15, 0.2) is 23.1 Å². The maximum absolute atomic E-state index is 12.9. The fraction of sp³-hybridized carbons (Fsp3) is 0.458. The molecule has 0 aliphatic carbocycles. The second-order valence-electron chi connectivity index (χ2n) is 8.92. The fourth-order valence-electron chi connectivity index (χ4n) is 4.54. The van der Waals surface area contributed by atoms with Crippen molar-refractivity contribution in [2.24, 2.45) is 0 Å². The van der Waals surface area contributed by atoms with Gasteiger partial charge in [0.25, 0.3) is 11.1 Å². The van der Waals surface area contributed by atoms with Gasteiger partial charge in [0.1, 0.15) is 6.04 Å². The average Bonchev–Trinajstić information content (AvgIpc) is 2.93. The van der Waals surface area contributed by atoms with Crippen LogP contribution in [0.1, 0.15) is 58.2 Å². The number of fused-ring (bicyclic) bond motifs is 1. The number of aryl methyl sites for hydroxylation is 1. The molecule has 166 valence electrons. The van der Waals surface area contributed by atoms with E-state index in [2.05, 4.69) is 62.5 Å². The van der Waals surface area contributed by atoms with Gasteiger partial charge < -0.3 is 9.64 Å². The van der Waals surface area contributed by atoms with E-state index in [1.807, 2.05) is 6.92 Å².